The van der Waals surface area contributed by atoms with E-state index in [0.717, 1.165) is 5.92 Å². The maximum Gasteiger partial charge on any atom is 0.00361 e. The Morgan fingerprint density at radius 1 is 1.14 bits per heavy atom. The zero-order valence-corrected chi connectivity index (χ0v) is 10.0. The molecule has 0 bridgehead atoms. The van der Waals surface area contributed by atoms with E-state index in [1.807, 2.05) is 0 Å². The summed E-state index contributed by atoms with van der Waals surface area (Å²) in [7, 11) is 0. The van der Waals surface area contributed by atoms with Crippen LogP contribution in [0, 0.1) is 5.92 Å². The molecule has 0 radical (unpaired) electrons. The minimum absolute atomic E-state index is 0.709. The van der Waals surface area contributed by atoms with Gasteiger partial charge in [-0.3, -0.25) is 0 Å². The molecule has 0 amide bonds. The average molecular weight is 197 g/mol. The van der Waals surface area contributed by atoms with Gasteiger partial charge in [0.25, 0.3) is 0 Å². The predicted molar refractivity (Wildman–Crippen MR) is 63.6 cm³/mol. The van der Waals surface area contributed by atoms with Crippen molar-refractivity contribution in [1.82, 2.24) is 5.32 Å². The van der Waals surface area contributed by atoms with Gasteiger partial charge in [-0.1, -0.05) is 45.4 Å². The fourth-order valence-corrected chi connectivity index (χ4v) is 2.33. The first-order chi connectivity index (χ1) is 6.83. The van der Waals surface area contributed by atoms with Gasteiger partial charge in [0.05, 0.1) is 0 Å². The monoisotopic (exact) mass is 197 g/mol. The van der Waals surface area contributed by atoms with Crippen molar-refractivity contribution in [3.05, 3.63) is 0 Å². The van der Waals surface area contributed by atoms with Gasteiger partial charge in [-0.2, -0.15) is 0 Å². The lowest BCUT2D eigenvalue weighted by Gasteiger charge is -2.16. The Kier molecular flexibility index (Phi) is 6.25. The first-order valence-corrected chi connectivity index (χ1v) is 6.56. The maximum atomic E-state index is 3.60. The molecule has 0 heterocycles. The van der Waals surface area contributed by atoms with Gasteiger partial charge in [0.15, 0.2) is 0 Å². The average Bonchev–Trinajstić information content (AvgIpc) is 2.46. The Bertz CT molecular complexity index is 125. The van der Waals surface area contributed by atoms with E-state index in [9.17, 15) is 0 Å². The molecule has 1 rings (SSSR count). The van der Waals surface area contributed by atoms with Crippen LogP contribution in [0.1, 0.15) is 65.2 Å². The summed E-state index contributed by atoms with van der Waals surface area (Å²) in [5.41, 5.74) is 0. The van der Waals surface area contributed by atoms with Crippen LogP contribution >= 0.6 is 0 Å². The van der Waals surface area contributed by atoms with E-state index in [-0.39, 0.29) is 0 Å². The van der Waals surface area contributed by atoms with Crippen molar-refractivity contribution in [1.29, 1.82) is 0 Å². The largest absolute Gasteiger partial charge is 0.314 e. The van der Waals surface area contributed by atoms with Crippen molar-refractivity contribution >= 4 is 0 Å². The summed E-state index contributed by atoms with van der Waals surface area (Å²) < 4.78 is 0. The van der Waals surface area contributed by atoms with Crippen LogP contribution in [-0.4, -0.2) is 12.6 Å². The first-order valence-electron chi connectivity index (χ1n) is 6.56. The second-order valence-corrected chi connectivity index (χ2v) is 4.91. The molecule has 0 aromatic rings. The number of nitrogens with one attached hydrogen (secondary N) is 1. The lowest BCUT2D eigenvalue weighted by Crippen LogP contribution is -2.27. The Labute approximate surface area is 89.7 Å². The predicted octanol–water partition coefficient (Wildman–Crippen LogP) is 3.74. The molecular weight excluding hydrogens is 170 g/mol. The molecule has 84 valence electrons. The van der Waals surface area contributed by atoms with Gasteiger partial charge < -0.3 is 5.32 Å². The topological polar surface area (TPSA) is 12.0 Å². The highest BCUT2D eigenvalue weighted by Crippen LogP contribution is 2.24. The van der Waals surface area contributed by atoms with Gasteiger partial charge in [-0.25, -0.2) is 0 Å². The number of rotatable bonds is 5. The summed E-state index contributed by atoms with van der Waals surface area (Å²) in [4.78, 5) is 0. The van der Waals surface area contributed by atoms with Crippen molar-refractivity contribution in [3.8, 4) is 0 Å². The van der Waals surface area contributed by atoms with Crippen LogP contribution in [0.25, 0.3) is 0 Å². The lowest BCUT2D eigenvalue weighted by molar-refractivity contribution is 0.399. The molecule has 1 atom stereocenters. The highest BCUT2D eigenvalue weighted by molar-refractivity contribution is 4.67. The molecule has 1 saturated carbocycles. The second kappa shape index (κ2) is 7.28. The highest BCUT2D eigenvalue weighted by atomic mass is 14.9. The molecule has 1 unspecified atom stereocenters. The molecule has 1 aliphatic rings. The minimum Gasteiger partial charge on any atom is -0.314 e. The third-order valence-corrected chi connectivity index (χ3v) is 3.63. The van der Waals surface area contributed by atoms with E-state index in [1.165, 1.54) is 57.9 Å². The zero-order valence-electron chi connectivity index (χ0n) is 10.0. The Morgan fingerprint density at radius 2 is 1.79 bits per heavy atom. The summed E-state index contributed by atoms with van der Waals surface area (Å²) in [5.74, 6) is 1.02. The van der Waals surface area contributed by atoms with Crippen molar-refractivity contribution in [2.75, 3.05) is 6.54 Å². The summed E-state index contributed by atoms with van der Waals surface area (Å²) in [6, 6.07) is 0.709. The van der Waals surface area contributed by atoms with Crippen molar-refractivity contribution in [3.63, 3.8) is 0 Å². The normalized spacial score (nSPS) is 21.9. The third kappa shape index (κ3) is 4.99. The van der Waals surface area contributed by atoms with Crippen LogP contribution in [0.5, 0.6) is 0 Å². The van der Waals surface area contributed by atoms with Crippen LogP contribution in [0.3, 0.4) is 0 Å². The molecule has 0 aliphatic heterocycles. The molecule has 1 nitrogen and oxygen atoms in total. The van der Waals surface area contributed by atoms with Crippen molar-refractivity contribution in [2.45, 2.75) is 71.3 Å². The van der Waals surface area contributed by atoms with Crippen LogP contribution in [-0.2, 0) is 0 Å². The minimum atomic E-state index is 0.709. The Morgan fingerprint density at radius 3 is 2.36 bits per heavy atom. The van der Waals surface area contributed by atoms with Gasteiger partial charge in [0.2, 0.25) is 0 Å². The summed E-state index contributed by atoms with van der Waals surface area (Å²) in [6.45, 7) is 5.77. The van der Waals surface area contributed by atoms with Crippen LogP contribution < -0.4 is 5.32 Å². The lowest BCUT2D eigenvalue weighted by atomic mass is 9.96. The quantitative estimate of drug-likeness (QED) is 0.662. The second-order valence-electron chi connectivity index (χ2n) is 4.91. The standard InChI is InChI=1S/C13H27N/c1-3-12(2)14-11-10-13-8-6-4-5-7-9-13/h12-14H,3-11H2,1-2H3. The fourth-order valence-electron chi connectivity index (χ4n) is 2.33. The van der Waals surface area contributed by atoms with Crippen LogP contribution in [0.2, 0.25) is 0 Å². The Hall–Kier alpha value is -0.0400. The number of hydrogen-bond acceptors (Lipinski definition) is 1. The van der Waals surface area contributed by atoms with Gasteiger partial charge in [0, 0.05) is 6.04 Å². The molecule has 0 aromatic carbocycles. The third-order valence-electron chi connectivity index (χ3n) is 3.63. The molecule has 14 heavy (non-hydrogen) atoms. The molecule has 0 saturated heterocycles. The van der Waals surface area contributed by atoms with Gasteiger partial charge in [0.1, 0.15) is 0 Å². The van der Waals surface area contributed by atoms with E-state index >= 15 is 0 Å². The molecule has 1 fully saturated rings. The van der Waals surface area contributed by atoms with Crippen molar-refractivity contribution in [2.24, 2.45) is 5.92 Å². The SMILES string of the molecule is CCC(C)NCCC1CCCCCC1. The van der Waals surface area contributed by atoms with Gasteiger partial charge in [-0.05, 0) is 32.2 Å². The first kappa shape index (κ1) is 12.0. The van der Waals surface area contributed by atoms with E-state index in [4.69, 9.17) is 0 Å². The van der Waals surface area contributed by atoms with E-state index in [0.29, 0.717) is 6.04 Å². The number of hydrogen-bond donors (Lipinski definition) is 1. The van der Waals surface area contributed by atoms with Gasteiger partial charge >= 0.3 is 0 Å². The zero-order chi connectivity index (χ0) is 10.2. The molecule has 0 aromatic heterocycles. The summed E-state index contributed by atoms with van der Waals surface area (Å²) in [5, 5.41) is 3.60. The molecule has 0 spiro atoms. The van der Waals surface area contributed by atoms with Crippen LogP contribution in [0.15, 0.2) is 0 Å². The van der Waals surface area contributed by atoms with E-state index < -0.39 is 0 Å². The molecule has 1 N–H and O–H groups in total. The highest BCUT2D eigenvalue weighted by Gasteiger charge is 2.11. The van der Waals surface area contributed by atoms with E-state index in [1.54, 1.807) is 0 Å². The molecular formula is C13H27N. The molecule has 1 heteroatoms. The molecule has 1 aliphatic carbocycles. The van der Waals surface area contributed by atoms with Gasteiger partial charge in [-0.15, -0.1) is 0 Å². The van der Waals surface area contributed by atoms with E-state index in [2.05, 4.69) is 19.2 Å². The fraction of sp³-hybridized carbons (Fsp3) is 1.00. The van der Waals surface area contributed by atoms with Crippen molar-refractivity contribution < 1.29 is 0 Å². The summed E-state index contributed by atoms with van der Waals surface area (Å²) in [6.07, 6.45) is 11.6. The summed E-state index contributed by atoms with van der Waals surface area (Å²) >= 11 is 0. The Balaban J connectivity index is 2.04. The smallest absolute Gasteiger partial charge is 0.00361 e. The van der Waals surface area contributed by atoms with Crippen LogP contribution in [0.4, 0.5) is 0 Å². The maximum absolute atomic E-state index is 3.60.